The maximum Gasteiger partial charge on any atom is 0.251 e. The van der Waals surface area contributed by atoms with Crippen molar-refractivity contribution in [2.75, 3.05) is 38.2 Å². The van der Waals surface area contributed by atoms with Crippen molar-refractivity contribution in [3.05, 3.63) is 59.2 Å². The molecular formula is C25H31N3O3. The SMILES string of the molecule is COc1ccc(C(CNC(=O)c2ccc3c(c2)CCN3C(C)=O)N2CCCCC2)cc1. The lowest BCUT2D eigenvalue weighted by Crippen LogP contribution is -2.40. The van der Waals surface area contributed by atoms with E-state index in [9.17, 15) is 9.59 Å². The van der Waals surface area contributed by atoms with Crippen molar-refractivity contribution >= 4 is 17.5 Å². The van der Waals surface area contributed by atoms with Crippen LogP contribution in [0.25, 0.3) is 0 Å². The number of amides is 2. The predicted octanol–water partition coefficient (Wildman–Crippen LogP) is 3.56. The molecule has 0 bridgehead atoms. The van der Waals surface area contributed by atoms with Crippen LogP contribution in [0.3, 0.4) is 0 Å². The second-order valence-corrected chi connectivity index (χ2v) is 8.36. The van der Waals surface area contributed by atoms with E-state index in [1.165, 1.54) is 24.8 Å². The number of ether oxygens (including phenoxy) is 1. The third kappa shape index (κ3) is 4.74. The molecule has 0 spiro atoms. The van der Waals surface area contributed by atoms with Crippen molar-refractivity contribution in [1.29, 1.82) is 0 Å². The maximum atomic E-state index is 12.9. The number of nitrogens with one attached hydrogen (secondary N) is 1. The molecular weight excluding hydrogens is 390 g/mol. The summed E-state index contributed by atoms with van der Waals surface area (Å²) < 4.78 is 5.30. The van der Waals surface area contributed by atoms with E-state index in [-0.39, 0.29) is 17.9 Å². The molecule has 0 radical (unpaired) electrons. The van der Waals surface area contributed by atoms with E-state index in [0.717, 1.165) is 36.5 Å². The van der Waals surface area contributed by atoms with Gasteiger partial charge in [-0.25, -0.2) is 0 Å². The van der Waals surface area contributed by atoms with Crippen LogP contribution in [-0.4, -0.2) is 50.0 Å². The highest BCUT2D eigenvalue weighted by molar-refractivity contribution is 5.97. The highest BCUT2D eigenvalue weighted by Crippen LogP contribution is 2.29. The molecule has 2 amide bonds. The monoisotopic (exact) mass is 421 g/mol. The molecule has 2 aromatic rings. The van der Waals surface area contributed by atoms with Crippen molar-refractivity contribution in [3.8, 4) is 5.75 Å². The van der Waals surface area contributed by atoms with E-state index in [4.69, 9.17) is 4.74 Å². The molecule has 1 atom stereocenters. The van der Waals surface area contributed by atoms with Crippen LogP contribution in [0.15, 0.2) is 42.5 Å². The first kappa shape index (κ1) is 21.4. The number of carbonyl (C=O) groups is 2. The van der Waals surface area contributed by atoms with Gasteiger partial charge in [0, 0.05) is 31.3 Å². The normalized spacial score (nSPS) is 17.2. The summed E-state index contributed by atoms with van der Waals surface area (Å²) in [5.74, 6) is 0.808. The van der Waals surface area contributed by atoms with E-state index in [1.807, 2.05) is 30.3 Å². The highest BCUT2D eigenvalue weighted by Gasteiger charge is 2.25. The number of hydrogen-bond acceptors (Lipinski definition) is 4. The summed E-state index contributed by atoms with van der Waals surface area (Å²) in [6, 6.07) is 13.9. The average Bonchev–Trinajstić information content (AvgIpc) is 3.24. The van der Waals surface area contributed by atoms with Crippen LogP contribution >= 0.6 is 0 Å². The minimum absolute atomic E-state index is 0.0415. The van der Waals surface area contributed by atoms with Gasteiger partial charge in [-0.3, -0.25) is 14.5 Å². The molecule has 1 unspecified atom stereocenters. The molecule has 2 heterocycles. The maximum absolute atomic E-state index is 12.9. The summed E-state index contributed by atoms with van der Waals surface area (Å²) in [7, 11) is 1.67. The molecule has 0 saturated carbocycles. The molecule has 1 fully saturated rings. The van der Waals surface area contributed by atoms with Crippen molar-refractivity contribution in [1.82, 2.24) is 10.2 Å². The Labute approximate surface area is 184 Å². The van der Waals surface area contributed by atoms with E-state index >= 15 is 0 Å². The second-order valence-electron chi connectivity index (χ2n) is 8.36. The van der Waals surface area contributed by atoms with Crippen LogP contribution in [-0.2, 0) is 11.2 Å². The van der Waals surface area contributed by atoms with Crippen LogP contribution in [0, 0.1) is 0 Å². The predicted molar refractivity (Wildman–Crippen MR) is 122 cm³/mol. The zero-order valence-corrected chi connectivity index (χ0v) is 18.4. The Morgan fingerprint density at radius 1 is 1.03 bits per heavy atom. The standard InChI is InChI=1S/C25H31N3O3/c1-18(29)28-15-12-20-16-21(8-11-23(20)28)25(30)26-17-24(27-13-4-3-5-14-27)19-6-9-22(31-2)10-7-19/h6-11,16,24H,3-5,12-15,17H2,1-2H3,(H,26,30). The van der Waals surface area contributed by atoms with Gasteiger partial charge in [-0.2, -0.15) is 0 Å². The molecule has 4 rings (SSSR count). The lowest BCUT2D eigenvalue weighted by Gasteiger charge is -2.35. The smallest absolute Gasteiger partial charge is 0.251 e. The molecule has 6 nitrogen and oxygen atoms in total. The molecule has 2 aliphatic heterocycles. The van der Waals surface area contributed by atoms with Gasteiger partial charge in [0.05, 0.1) is 13.2 Å². The van der Waals surface area contributed by atoms with E-state index < -0.39 is 0 Å². The molecule has 1 N–H and O–H groups in total. The first-order valence-corrected chi connectivity index (χ1v) is 11.1. The third-order valence-electron chi connectivity index (χ3n) is 6.41. The van der Waals surface area contributed by atoms with Gasteiger partial charge < -0.3 is 15.0 Å². The van der Waals surface area contributed by atoms with Crippen LogP contribution < -0.4 is 15.0 Å². The van der Waals surface area contributed by atoms with Gasteiger partial charge in [0.1, 0.15) is 5.75 Å². The topological polar surface area (TPSA) is 61.9 Å². The molecule has 31 heavy (non-hydrogen) atoms. The Balaban J connectivity index is 1.47. The Hall–Kier alpha value is -2.86. The summed E-state index contributed by atoms with van der Waals surface area (Å²) in [5, 5.41) is 3.16. The van der Waals surface area contributed by atoms with Gasteiger partial charge >= 0.3 is 0 Å². The van der Waals surface area contributed by atoms with Gasteiger partial charge in [-0.05, 0) is 73.8 Å². The first-order chi connectivity index (χ1) is 15.1. The number of benzene rings is 2. The fraction of sp³-hybridized carbons (Fsp3) is 0.440. The Bertz CT molecular complexity index is 936. The van der Waals surface area contributed by atoms with Crippen molar-refractivity contribution in [3.63, 3.8) is 0 Å². The van der Waals surface area contributed by atoms with Gasteiger partial charge in [-0.1, -0.05) is 18.6 Å². The van der Waals surface area contributed by atoms with Crippen LogP contribution in [0.5, 0.6) is 5.75 Å². The lowest BCUT2D eigenvalue weighted by atomic mass is 10.0. The Morgan fingerprint density at radius 3 is 2.45 bits per heavy atom. The quantitative estimate of drug-likeness (QED) is 0.775. The fourth-order valence-corrected chi connectivity index (χ4v) is 4.68. The molecule has 1 saturated heterocycles. The number of nitrogens with zero attached hydrogens (tertiary/aromatic N) is 2. The molecule has 0 aliphatic carbocycles. The summed E-state index contributed by atoms with van der Waals surface area (Å²) in [6.07, 6.45) is 4.44. The van der Waals surface area contributed by atoms with Crippen LogP contribution in [0.2, 0.25) is 0 Å². The number of hydrogen-bond donors (Lipinski definition) is 1. The average molecular weight is 422 g/mol. The summed E-state index contributed by atoms with van der Waals surface area (Å²) in [4.78, 5) is 29.0. The highest BCUT2D eigenvalue weighted by atomic mass is 16.5. The zero-order chi connectivity index (χ0) is 21.8. The van der Waals surface area contributed by atoms with E-state index in [2.05, 4.69) is 22.3 Å². The molecule has 6 heteroatoms. The first-order valence-electron chi connectivity index (χ1n) is 11.1. The Kier molecular flexibility index (Phi) is 6.56. The van der Waals surface area contributed by atoms with Crippen molar-refractivity contribution in [2.24, 2.45) is 0 Å². The number of rotatable bonds is 6. The number of likely N-dealkylation sites (tertiary alicyclic amines) is 1. The van der Waals surface area contributed by atoms with E-state index in [0.29, 0.717) is 18.7 Å². The summed E-state index contributed by atoms with van der Waals surface area (Å²) in [5.41, 5.74) is 3.82. The summed E-state index contributed by atoms with van der Waals surface area (Å²) in [6.45, 7) is 4.92. The van der Waals surface area contributed by atoms with Gasteiger partial charge in [0.25, 0.3) is 5.91 Å². The fourth-order valence-electron chi connectivity index (χ4n) is 4.68. The van der Waals surface area contributed by atoms with Crippen molar-refractivity contribution in [2.45, 2.75) is 38.6 Å². The third-order valence-corrected chi connectivity index (χ3v) is 6.41. The largest absolute Gasteiger partial charge is 0.497 e. The van der Waals surface area contributed by atoms with Gasteiger partial charge in [0.2, 0.25) is 5.91 Å². The number of carbonyl (C=O) groups excluding carboxylic acids is 2. The van der Waals surface area contributed by atoms with Gasteiger partial charge in [0.15, 0.2) is 0 Å². The zero-order valence-electron chi connectivity index (χ0n) is 18.4. The molecule has 164 valence electrons. The Morgan fingerprint density at radius 2 is 1.77 bits per heavy atom. The van der Waals surface area contributed by atoms with Crippen LogP contribution in [0.1, 0.15) is 53.7 Å². The number of piperidine rings is 1. The minimum atomic E-state index is -0.0698. The number of anilines is 1. The second kappa shape index (κ2) is 9.52. The summed E-state index contributed by atoms with van der Waals surface area (Å²) >= 11 is 0. The molecule has 0 aromatic heterocycles. The van der Waals surface area contributed by atoms with E-state index in [1.54, 1.807) is 18.9 Å². The lowest BCUT2D eigenvalue weighted by molar-refractivity contribution is -0.116. The van der Waals surface area contributed by atoms with Gasteiger partial charge in [-0.15, -0.1) is 0 Å². The number of fused-ring (bicyclic) bond motifs is 1. The number of methoxy groups -OCH3 is 1. The minimum Gasteiger partial charge on any atom is -0.497 e. The molecule has 2 aliphatic rings. The molecule has 2 aromatic carbocycles. The van der Waals surface area contributed by atoms with Crippen molar-refractivity contribution < 1.29 is 14.3 Å². The van der Waals surface area contributed by atoms with Crippen LogP contribution in [0.4, 0.5) is 5.69 Å².